The zero-order chi connectivity index (χ0) is 14.1. The Kier molecular flexibility index (Phi) is 8.79. The Morgan fingerprint density at radius 1 is 1.00 bits per heavy atom. The van der Waals surface area contributed by atoms with Crippen LogP contribution in [0.25, 0.3) is 0 Å². The average molecular weight is 248 g/mol. The van der Waals surface area contributed by atoms with Crippen molar-refractivity contribution in [1.29, 1.82) is 0 Å². The molecule has 18 heavy (non-hydrogen) atoms. The Labute approximate surface area is 115 Å². The molecule has 0 N–H and O–H groups in total. The maximum absolute atomic E-state index is 2.33. The molecule has 0 radical (unpaired) electrons. The van der Waals surface area contributed by atoms with Crippen LogP contribution >= 0.6 is 0 Å². The average Bonchev–Trinajstić information content (AvgIpc) is 2.26. The van der Waals surface area contributed by atoms with Crippen molar-refractivity contribution in [3.8, 4) is 0 Å². The van der Waals surface area contributed by atoms with Crippen LogP contribution in [-0.4, -0.2) is 0 Å². The fourth-order valence-electron chi connectivity index (χ4n) is 2.03. The van der Waals surface area contributed by atoms with Gasteiger partial charge in [-0.3, -0.25) is 0 Å². The van der Waals surface area contributed by atoms with Gasteiger partial charge in [-0.1, -0.05) is 70.9 Å². The van der Waals surface area contributed by atoms with Crippen molar-refractivity contribution in [2.24, 2.45) is 17.8 Å². The van der Waals surface area contributed by atoms with Gasteiger partial charge in [-0.25, -0.2) is 0 Å². The zero-order valence-electron chi connectivity index (χ0n) is 13.5. The molecule has 0 bridgehead atoms. The molecule has 0 rings (SSSR count). The molecule has 1 unspecified atom stereocenters. The van der Waals surface area contributed by atoms with E-state index in [1.54, 1.807) is 0 Å². The minimum atomic E-state index is 0.629. The summed E-state index contributed by atoms with van der Waals surface area (Å²) < 4.78 is 0. The van der Waals surface area contributed by atoms with E-state index in [4.69, 9.17) is 0 Å². The predicted molar refractivity (Wildman–Crippen MR) is 84.7 cm³/mol. The highest BCUT2D eigenvalue weighted by Gasteiger charge is 2.12. The van der Waals surface area contributed by atoms with Gasteiger partial charge in [-0.2, -0.15) is 0 Å². The van der Waals surface area contributed by atoms with Crippen molar-refractivity contribution in [1.82, 2.24) is 0 Å². The fraction of sp³-hybridized carbons (Fsp3) is 0.667. The van der Waals surface area contributed by atoms with Gasteiger partial charge in [-0.05, 0) is 43.6 Å². The lowest BCUT2D eigenvalue weighted by Gasteiger charge is -2.20. The van der Waals surface area contributed by atoms with Gasteiger partial charge in [0, 0.05) is 0 Å². The van der Waals surface area contributed by atoms with E-state index in [0.29, 0.717) is 5.92 Å². The molecule has 0 amide bonds. The summed E-state index contributed by atoms with van der Waals surface area (Å²) in [5.74, 6) is 2.20. The summed E-state index contributed by atoms with van der Waals surface area (Å²) in [7, 11) is 0. The van der Waals surface area contributed by atoms with Crippen molar-refractivity contribution in [2.75, 3.05) is 0 Å². The van der Waals surface area contributed by atoms with Gasteiger partial charge in [0.1, 0.15) is 0 Å². The normalized spacial score (nSPS) is 14.1. The molecular formula is C18H32. The van der Waals surface area contributed by atoms with Crippen LogP contribution in [0.3, 0.4) is 0 Å². The molecule has 0 nitrogen and oxygen atoms in total. The van der Waals surface area contributed by atoms with Gasteiger partial charge in [0.25, 0.3) is 0 Å². The predicted octanol–water partition coefficient (Wildman–Crippen LogP) is 6.16. The van der Waals surface area contributed by atoms with E-state index in [0.717, 1.165) is 11.8 Å². The van der Waals surface area contributed by atoms with Crippen LogP contribution in [0.4, 0.5) is 0 Å². The van der Waals surface area contributed by atoms with E-state index < -0.39 is 0 Å². The molecule has 0 saturated carbocycles. The van der Waals surface area contributed by atoms with Gasteiger partial charge in [-0.15, -0.1) is 0 Å². The Hall–Kier alpha value is -0.780. The fourth-order valence-corrected chi connectivity index (χ4v) is 2.03. The summed E-state index contributed by atoms with van der Waals surface area (Å²) in [6.07, 6.45) is 11.4. The summed E-state index contributed by atoms with van der Waals surface area (Å²) in [6.45, 7) is 15.8. The molecule has 1 atom stereocenters. The third-order valence-corrected chi connectivity index (χ3v) is 3.50. The summed E-state index contributed by atoms with van der Waals surface area (Å²) in [6, 6.07) is 0. The molecule has 0 fully saturated rings. The van der Waals surface area contributed by atoms with Crippen molar-refractivity contribution in [3.63, 3.8) is 0 Å². The SMILES string of the molecule is CCC(CC(/C=C\C=C/C(C)C)=C(C)C)C(C)C. The van der Waals surface area contributed by atoms with Crippen LogP contribution in [0, 0.1) is 17.8 Å². The lowest BCUT2D eigenvalue weighted by Crippen LogP contribution is -2.08. The molecule has 0 spiro atoms. The largest absolute Gasteiger partial charge is 0.0820 e. The summed E-state index contributed by atoms with van der Waals surface area (Å²) >= 11 is 0. The summed E-state index contributed by atoms with van der Waals surface area (Å²) in [4.78, 5) is 0. The first-order chi connectivity index (χ1) is 8.38. The molecule has 0 heterocycles. The second-order valence-electron chi connectivity index (χ2n) is 6.13. The van der Waals surface area contributed by atoms with Gasteiger partial charge in [0.05, 0.1) is 0 Å². The standard InChI is InChI=1S/C18H32/c1-8-17(15(4)5)13-18(16(6)7)12-10-9-11-14(2)3/h9-12,14-15,17H,8,13H2,1-7H3/b11-9-,12-10-. The lowest BCUT2D eigenvalue weighted by atomic mass is 9.86. The van der Waals surface area contributed by atoms with E-state index in [-0.39, 0.29) is 0 Å². The molecule has 0 aliphatic carbocycles. The van der Waals surface area contributed by atoms with Crippen molar-refractivity contribution >= 4 is 0 Å². The number of rotatable bonds is 7. The molecule has 0 saturated heterocycles. The zero-order valence-corrected chi connectivity index (χ0v) is 13.5. The lowest BCUT2D eigenvalue weighted by molar-refractivity contribution is 0.371. The molecule has 104 valence electrons. The Bertz CT molecular complexity index is 296. The number of hydrogen-bond donors (Lipinski definition) is 0. The second-order valence-corrected chi connectivity index (χ2v) is 6.13. The van der Waals surface area contributed by atoms with Crippen LogP contribution in [0.2, 0.25) is 0 Å². The molecule has 0 aliphatic heterocycles. The third-order valence-electron chi connectivity index (χ3n) is 3.50. The van der Waals surface area contributed by atoms with Gasteiger partial charge < -0.3 is 0 Å². The minimum absolute atomic E-state index is 0.629. The minimum Gasteiger partial charge on any atom is -0.0820 e. The molecule has 0 heteroatoms. The van der Waals surface area contributed by atoms with Crippen LogP contribution in [0.15, 0.2) is 35.5 Å². The van der Waals surface area contributed by atoms with E-state index in [1.165, 1.54) is 24.0 Å². The topological polar surface area (TPSA) is 0 Å². The van der Waals surface area contributed by atoms with Crippen molar-refractivity contribution in [2.45, 2.75) is 61.3 Å². The summed E-state index contributed by atoms with van der Waals surface area (Å²) in [5, 5.41) is 0. The van der Waals surface area contributed by atoms with E-state index in [2.05, 4.69) is 72.8 Å². The molecule has 0 aromatic carbocycles. The maximum atomic E-state index is 2.33. The van der Waals surface area contributed by atoms with E-state index >= 15 is 0 Å². The smallest absolute Gasteiger partial charge is 0.0249 e. The van der Waals surface area contributed by atoms with E-state index in [1.807, 2.05) is 0 Å². The van der Waals surface area contributed by atoms with E-state index in [9.17, 15) is 0 Å². The highest BCUT2D eigenvalue weighted by molar-refractivity contribution is 5.26. The highest BCUT2D eigenvalue weighted by atomic mass is 14.2. The van der Waals surface area contributed by atoms with Crippen molar-refractivity contribution < 1.29 is 0 Å². The molecule has 0 aromatic rings. The molecule has 0 aliphatic rings. The summed E-state index contributed by atoms with van der Waals surface area (Å²) in [5.41, 5.74) is 2.95. The number of hydrogen-bond acceptors (Lipinski definition) is 0. The Morgan fingerprint density at radius 3 is 2.00 bits per heavy atom. The third kappa shape index (κ3) is 7.53. The van der Waals surface area contributed by atoms with Crippen LogP contribution in [0.5, 0.6) is 0 Å². The maximum Gasteiger partial charge on any atom is -0.0249 e. The first-order valence-electron chi connectivity index (χ1n) is 7.39. The van der Waals surface area contributed by atoms with Crippen molar-refractivity contribution in [3.05, 3.63) is 35.5 Å². The molecule has 0 aromatic heterocycles. The second kappa shape index (κ2) is 9.19. The highest BCUT2D eigenvalue weighted by Crippen LogP contribution is 2.25. The monoisotopic (exact) mass is 248 g/mol. The van der Waals surface area contributed by atoms with Gasteiger partial charge in [0.15, 0.2) is 0 Å². The first kappa shape index (κ1) is 17.2. The van der Waals surface area contributed by atoms with Crippen LogP contribution < -0.4 is 0 Å². The van der Waals surface area contributed by atoms with Crippen LogP contribution in [-0.2, 0) is 0 Å². The molecular weight excluding hydrogens is 216 g/mol. The Morgan fingerprint density at radius 2 is 1.61 bits per heavy atom. The number of allylic oxidation sites excluding steroid dienone is 6. The van der Waals surface area contributed by atoms with Gasteiger partial charge >= 0.3 is 0 Å². The van der Waals surface area contributed by atoms with Gasteiger partial charge in [0.2, 0.25) is 0 Å². The van der Waals surface area contributed by atoms with Crippen LogP contribution in [0.1, 0.15) is 61.3 Å². The quantitative estimate of drug-likeness (QED) is 0.473. The first-order valence-corrected chi connectivity index (χ1v) is 7.39. The Balaban J connectivity index is 4.66.